The molecule has 1 aromatic rings. The number of hydrogen-bond donors (Lipinski definition) is 0. The van der Waals surface area contributed by atoms with Crippen molar-refractivity contribution in [1.29, 1.82) is 0 Å². The van der Waals surface area contributed by atoms with Crippen molar-refractivity contribution in [3.63, 3.8) is 0 Å². The maximum Gasteiger partial charge on any atom is 0.146 e. The van der Waals surface area contributed by atoms with Gasteiger partial charge in [0.25, 0.3) is 0 Å². The second kappa shape index (κ2) is 11.0. The Bertz CT molecular complexity index is 619. The minimum absolute atomic E-state index is 0.484. The minimum Gasteiger partial charge on any atom is -0.456 e. The van der Waals surface area contributed by atoms with Gasteiger partial charge in [-0.15, -0.1) is 0 Å². The molecule has 0 unspecified atom stereocenters. The van der Waals surface area contributed by atoms with Crippen LogP contribution in [0.4, 0.5) is 0 Å². The van der Waals surface area contributed by atoms with Gasteiger partial charge in [-0.05, 0) is 32.8 Å². The Labute approximate surface area is 139 Å². The highest BCUT2D eigenvalue weighted by Gasteiger charge is 2.09. The summed E-state index contributed by atoms with van der Waals surface area (Å²) in [5, 5.41) is 0. The van der Waals surface area contributed by atoms with Crippen molar-refractivity contribution in [3.05, 3.63) is 97.2 Å². The van der Waals surface area contributed by atoms with Crippen LogP contribution in [0.2, 0.25) is 0 Å². The molecule has 2 nitrogen and oxygen atoms in total. The normalized spacial score (nSPS) is 12.3. The van der Waals surface area contributed by atoms with Crippen LogP contribution in [0.5, 0.6) is 0 Å². The van der Waals surface area contributed by atoms with E-state index in [-0.39, 0.29) is 0 Å². The number of aliphatic imine (C=N–C) groups is 1. The molecule has 0 spiro atoms. The molecule has 0 atom stereocenters. The predicted molar refractivity (Wildman–Crippen MR) is 100 cm³/mol. The van der Waals surface area contributed by atoms with E-state index in [9.17, 15) is 0 Å². The number of nitrogens with zero attached hydrogens (tertiary/aromatic N) is 1. The molecular weight excluding hydrogens is 282 g/mol. The third kappa shape index (κ3) is 7.28. The van der Waals surface area contributed by atoms with Gasteiger partial charge in [-0.2, -0.15) is 0 Å². The third-order valence-electron chi connectivity index (χ3n) is 2.96. The molecule has 0 fully saturated rings. The maximum atomic E-state index is 5.65. The Morgan fingerprint density at radius 2 is 1.74 bits per heavy atom. The van der Waals surface area contributed by atoms with Gasteiger partial charge in [0, 0.05) is 11.8 Å². The van der Waals surface area contributed by atoms with Gasteiger partial charge < -0.3 is 4.74 Å². The molecule has 0 N–H and O–H groups in total. The maximum absolute atomic E-state index is 5.65. The summed E-state index contributed by atoms with van der Waals surface area (Å²) < 4.78 is 5.65. The number of hydrogen-bond acceptors (Lipinski definition) is 2. The van der Waals surface area contributed by atoms with E-state index >= 15 is 0 Å². The highest BCUT2D eigenvalue weighted by molar-refractivity contribution is 6.11. The zero-order valence-corrected chi connectivity index (χ0v) is 14.0. The zero-order valence-electron chi connectivity index (χ0n) is 14.0. The van der Waals surface area contributed by atoms with Crippen LogP contribution in [0.3, 0.4) is 0 Å². The molecule has 0 amide bonds. The van der Waals surface area contributed by atoms with Gasteiger partial charge in [0.05, 0.1) is 0 Å². The fourth-order valence-electron chi connectivity index (χ4n) is 1.89. The van der Waals surface area contributed by atoms with E-state index in [0.29, 0.717) is 17.2 Å². The summed E-state index contributed by atoms with van der Waals surface area (Å²) in [6.07, 6.45) is 13.7. The number of rotatable bonds is 9. The number of ether oxygens (including phenoxy) is 1. The third-order valence-corrected chi connectivity index (χ3v) is 2.96. The molecule has 0 bridgehead atoms. The van der Waals surface area contributed by atoms with Crippen LogP contribution in [-0.4, -0.2) is 5.71 Å². The second-order valence-electron chi connectivity index (χ2n) is 4.87. The first kappa shape index (κ1) is 18.4. The quantitative estimate of drug-likeness (QED) is 0.181. The van der Waals surface area contributed by atoms with Gasteiger partial charge in [-0.1, -0.05) is 67.8 Å². The molecule has 2 heteroatoms. The van der Waals surface area contributed by atoms with Gasteiger partial charge in [-0.25, -0.2) is 0 Å². The van der Waals surface area contributed by atoms with Crippen molar-refractivity contribution in [1.82, 2.24) is 0 Å². The monoisotopic (exact) mass is 307 g/mol. The minimum atomic E-state index is 0.484. The molecule has 1 aromatic carbocycles. The van der Waals surface area contributed by atoms with E-state index in [1.807, 2.05) is 56.3 Å². The summed E-state index contributed by atoms with van der Waals surface area (Å²) in [4.78, 5) is 4.53. The van der Waals surface area contributed by atoms with Crippen molar-refractivity contribution in [2.24, 2.45) is 4.99 Å². The van der Waals surface area contributed by atoms with E-state index < -0.39 is 0 Å². The lowest BCUT2D eigenvalue weighted by Crippen LogP contribution is -2.06. The fourth-order valence-corrected chi connectivity index (χ4v) is 1.89. The summed E-state index contributed by atoms with van der Waals surface area (Å²) in [5.41, 5.74) is 1.67. The van der Waals surface area contributed by atoms with Crippen LogP contribution in [0, 0.1) is 0 Å². The van der Waals surface area contributed by atoms with Crippen LogP contribution >= 0.6 is 0 Å². The van der Waals surface area contributed by atoms with Crippen LogP contribution in [0.15, 0.2) is 96.6 Å². The zero-order chi connectivity index (χ0) is 16.9. The summed E-state index contributed by atoms with van der Waals surface area (Å²) in [5.74, 6) is 1.02. The molecule has 0 saturated heterocycles. The Kier molecular flexibility index (Phi) is 8.84. The Morgan fingerprint density at radius 1 is 1.04 bits per heavy atom. The SMILES string of the molecule is C=C(/C=C\C)OC(=C)/C(=N\C=C/CC/C=C\C)c1ccccc1. The van der Waals surface area contributed by atoms with E-state index in [2.05, 4.69) is 30.3 Å². The molecule has 0 aliphatic carbocycles. The van der Waals surface area contributed by atoms with Crippen LogP contribution < -0.4 is 0 Å². The molecule has 0 saturated carbocycles. The van der Waals surface area contributed by atoms with Crippen molar-refractivity contribution >= 4 is 5.71 Å². The first-order valence-corrected chi connectivity index (χ1v) is 7.77. The highest BCUT2D eigenvalue weighted by atomic mass is 16.5. The predicted octanol–water partition coefficient (Wildman–Crippen LogP) is 5.97. The first-order valence-electron chi connectivity index (χ1n) is 7.77. The first-order chi connectivity index (χ1) is 11.2. The van der Waals surface area contributed by atoms with Crippen molar-refractivity contribution < 1.29 is 4.74 Å². The molecule has 120 valence electrons. The molecular formula is C21H25NO. The molecule has 0 aromatic heterocycles. The molecule has 0 heterocycles. The van der Waals surface area contributed by atoms with E-state index in [1.54, 1.807) is 12.3 Å². The average Bonchev–Trinajstić information content (AvgIpc) is 2.55. The van der Waals surface area contributed by atoms with Crippen LogP contribution in [-0.2, 0) is 4.74 Å². The molecule has 23 heavy (non-hydrogen) atoms. The Hall–Kier alpha value is -2.61. The molecule has 0 aliphatic rings. The molecule has 1 rings (SSSR count). The molecule has 0 aliphatic heterocycles. The van der Waals surface area contributed by atoms with Crippen molar-refractivity contribution in [2.75, 3.05) is 0 Å². The van der Waals surface area contributed by atoms with Crippen molar-refractivity contribution in [3.8, 4) is 0 Å². The van der Waals surface area contributed by atoms with Gasteiger partial charge in [0.15, 0.2) is 0 Å². The van der Waals surface area contributed by atoms with Gasteiger partial charge in [0.1, 0.15) is 17.2 Å². The Morgan fingerprint density at radius 3 is 2.39 bits per heavy atom. The van der Waals surface area contributed by atoms with E-state index in [1.165, 1.54) is 0 Å². The summed E-state index contributed by atoms with van der Waals surface area (Å²) in [7, 11) is 0. The lowest BCUT2D eigenvalue weighted by Gasteiger charge is -2.11. The summed E-state index contributed by atoms with van der Waals surface area (Å²) in [6.45, 7) is 11.8. The summed E-state index contributed by atoms with van der Waals surface area (Å²) >= 11 is 0. The van der Waals surface area contributed by atoms with Crippen LogP contribution in [0.1, 0.15) is 32.3 Å². The lowest BCUT2D eigenvalue weighted by atomic mass is 10.1. The fraction of sp³-hybridized carbons (Fsp3) is 0.190. The lowest BCUT2D eigenvalue weighted by molar-refractivity contribution is 0.349. The standard InChI is InChI=1S/C21H25NO/c1-5-7-8-9-13-17-22-21(20-15-11-10-12-16-20)19(4)23-18(3)14-6-2/h5-7,10-17H,3-4,8-9H2,1-2H3/b7-5-,14-6-,17-13-,22-21+. The largest absolute Gasteiger partial charge is 0.456 e. The Balaban J connectivity index is 2.89. The van der Waals surface area contributed by atoms with Crippen LogP contribution in [0.25, 0.3) is 0 Å². The topological polar surface area (TPSA) is 21.6 Å². The number of allylic oxidation sites excluding steroid dienone is 6. The van der Waals surface area contributed by atoms with Gasteiger partial charge >= 0.3 is 0 Å². The van der Waals surface area contributed by atoms with E-state index in [4.69, 9.17) is 4.74 Å². The van der Waals surface area contributed by atoms with Gasteiger partial charge in [-0.3, -0.25) is 4.99 Å². The second-order valence-corrected chi connectivity index (χ2v) is 4.87. The summed E-state index contributed by atoms with van der Waals surface area (Å²) in [6, 6.07) is 9.87. The smallest absolute Gasteiger partial charge is 0.146 e. The average molecular weight is 307 g/mol. The van der Waals surface area contributed by atoms with E-state index in [0.717, 1.165) is 18.4 Å². The van der Waals surface area contributed by atoms with Crippen molar-refractivity contribution in [2.45, 2.75) is 26.7 Å². The van der Waals surface area contributed by atoms with Gasteiger partial charge in [0.2, 0.25) is 0 Å². The molecule has 0 radical (unpaired) electrons. The number of benzene rings is 1. The highest BCUT2D eigenvalue weighted by Crippen LogP contribution is 2.13. The number of unbranched alkanes of at least 4 members (excludes halogenated alkanes) is 1.